The Bertz CT molecular complexity index is 1140. The summed E-state index contributed by atoms with van der Waals surface area (Å²) in [7, 11) is 1.56. The molecule has 2 aromatic carbocycles. The van der Waals surface area contributed by atoms with Crippen LogP contribution < -0.4 is 9.64 Å². The predicted molar refractivity (Wildman–Crippen MR) is 112 cm³/mol. The molecule has 1 aromatic heterocycles. The number of anilines is 1. The highest BCUT2D eigenvalue weighted by molar-refractivity contribution is 6.20. The third-order valence-electron chi connectivity index (χ3n) is 5.40. The number of hydrogen-bond acceptors (Lipinski definition) is 5. The van der Waals surface area contributed by atoms with E-state index < -0.39 is 23.5 Å². The monoisotopic (exact) mass is 403 g/mol. The number of ether oxygens (including phenoxy) is 1. The molecule has 1 N–H and O–H groups in total. The molecule has 3 aromatic rings. The molecular formula is C24H21NO5. The molecule has 6 nitrogen and oxygen atoms in total. The van der Waals surface area contributed by atoms with E-state index >= 15 is 0 Å². The van der Waals surface area contributed by atoms with Crippen molar-refractivity contribution in [1.29, 1.82) is 0 Å². The number of nitrogens with zero attached hydrogens (tertiary/aromatic N) is 1. The molecular weight excluding hydrogens is 382 g/mol. The molecule has 0 bridgehead atoms. The molecule has 1 amide bonds. The van der Waals surface area contributed by atoms with Crippen LogP contribution in [-0.4, -0.2) is 23.9 Å². The van der Waals surface area contributed by atoms with Gasteiger partial charge in [0.15, 0.2) is 11.5 Å². The fraction of sp³-hybridized carbons (Fsp3) is 0.167. The van der Waals surface area contributed by atoms with E-state index in [9.17, 15) is 14.7 Å². The maximum atomic E-state index is 13.2. The Morgan fingerprint density at radius 1 is 1.07 bits per heavy atom. The van der Waals surface area contributed by atoms with Crippen molar-refractivity contribution >= 4 is 17.4 Å². The second-order valence-corrected chi connectivity index (χ2v) is 7.19. The molecule has 6 heteroatoms. The molecule has 152 valence electrons. The number of aliphatic hydroxyl groups excluding tert-OH is 1. The number of rotatable bonds is 5. The van der Waals surface area contributed by atoms with Crippen LogP contribution in [0.25, 0.3) is 0 Å². The SMILES string of the molecule is COc1ccc(C2C(C(=O)c3ccco3)=C(O)C(=O)N2c2ccc(C)c(C)c2)cc1. The van der Waals surface area contributed by atoms with Crippen LogP contribution in [0.15, 0.2) is 76.6 Å². The van der Waals surface area contributed by atoms with Crippen molar-refractivity contribution in [3.63, 3.8) is 0 Å². The van der Waals surface area contributed by atoms with Gasteiger partial charge in [-0.15, -0.1) is 0 Å². The number of benzene rings is 2. The smallest absolute Gasteiger partial charge is 0.294 e. The van der Waals surface area contributed by atoms with Crippen molar-refractivity contribution in [2.75, 3.05) is 12.0 Å². The first kappa shape index (κ1) is 19.5. The number of aryl methyl sites for hydroxylation is 2. The zero-order valence-corrected chi connectivity index (χ0v) is 16.9. The minimum absolute atomic E-state index is 0.0154. The Balaban J connectivity index is 1.88. The quantitative estimate of drug-likeness (QED) is 0.625. The lowest BCUT2D eigenvalue weighted by Crippen LogP contribution is -2.31. The van der Waals surface area contributed by atoms with E-state index in [0.717, 1.165) is 11.1 Å². The van der Waals surface area contributed by atoms with Crippen LogP contribution in [0.2, 0.25) is 0 Å². The van der Waals surface area contributed by atoms with Gasteiger partial charge in [0.1, 0.15) is 5.75 Å². The average molecular weight is 403 g/mol. The van der Waals surface area contributed by atoms with Crippen molar-refractivity contribution in [1.82, 2.24) is 0 Å². The van der Waals surface area contributed by atoms with Crippen LogP contribution in [0.3, 0.4) is 0 Å². The van der Waals surface area contributed by atoms with Crippen molar-refractivity contribution in [3.05, 3.63) is 94.6 Å². The Kier molecular flexibility index (Phi) is 4.91. The van der Waals surface area contributed by atoms with E-state index in [2.05, 4.69) is 0 Å². The number of carbonyl (C=O) groups is 2. The summed E-state index contributed by atoms with van der Waals surface area (Å²) >= 11 is 0. The van der Waals surface area contributed by atoms with Crippen LogP contribution in [-0.2, 0) is 4.79 Å². The standard InChI is InChI=1S/C24H21NO5/c1-14-6-9-17(13-15(14)2)25-21(16-7-10-18(29-3)11-8-16)20(23(27)24(25)28)22(26)19-5-4-12-30-19/h4-13,21,27H,1-3H3. The van der Waals surface area contributed by atoms with Gasteiger partial charge >= 0.3 is 0 Å². The van der Waals surface area contributed by atoms with Crippen LogP contribution >= 0.6 is 0 Å². The van der Waals surface area contributed by atoms with E-state index in [1.54, 1.807) is 37.4 Å². The largest absolute Gasteiger partial charge is 0.503 e. The zero-order chi connectivity index (χ0) is 21.4. The molecule has 4 rings (SSSR count). The lowest BCUT2D eigenvalue weighted by molar-refractivity contribution is -0.117. The summed E-state index contributed by atoms with van der Waals surface area (Å²) in [5.74, 6) is -1.03. The summed E-state index contributed by atoms with van der Waals surface area (Å²) in [4.78, 5) is 27.7. The average Bonchev–Trinajstić information content (AvgIpc) is 3.38. The van der Waals surface area contributed by atoms with Crippen molar-refractivity contribution < 1.29 is 23.8 Å². The van der Waals surface area contributed by atoms with Crippen molar-refractivity contribution in [2.24, 2.45) is 0 Å². The summed E-state index contributed by atoms with van der Waals surface area (Å²) in [5.41, 5.74) is 3.33. The van der Waals surface area contributed by atoms with Gasteiger partial charge in [-0.05, 0) is 66.9 Å². The number of ketones is 1. The number of aliphatic hydroxyl groups is 1. The minimum atomic E-state index is -0.803. The zero-order valence-electron chi connectivity index (χ0n) is 16.9. The van der Waals surface area contributed by atoms with Crippen LogP contribution in [0.1, 0.15) is 33.3 Å². The van der Waals surface area contributed by atoms with Gasteiger partial charge in [0.05, 0.1) is 25.0 Å². The number of amides is 1. The first-order valence-electron chi connectivity index (χ1n) is 9.48. The number of hydrogen-bond donors (Lipinski definition) is 1. The van der Waals surface area contributed by atoms with E-state index in [0.29, 0.717) is 17.0 Å². The van der Waals surface area contributed by atoms with E-state index in [1.165, 1.54) is 17.2 Å². The molecule has 0 fully saturated rings. The number of carbonyl (C=O) groups excluding carboxylic acids is 2. The molecule has 0 radical (unpaired) electrons. The minimum Gasteiger partial charge on any atom is -0.503 e. The Hall–Kier alpha value is -3.80. The van der Waals surface area contributed by atoms with Crippen LogP contribution in [0, 0.1) is 13.8 Å². The summed E-state index contributed by atoms with van der Waals surface area (Å²) < 4.78 is 10.5. The lowest BCUT2D eigenvalue weighted by Gasteiger charge is -2.27. The maximum absolute atomic E-state index is 13.2. The van der Waals surface area contributed by atoms with Gasteiger partial charge in [0, 0.05) is 5.69 Å². The molecule has 1 aliphatic rings. The Morgan fingerprint density at radius 3 is 2.40 bits per heavy atom. The normalized spacial score (nSPS) is 16.3. The van der Waals surface area contributed by atoms with Crippen molar-refractivity contribution in [2.45, 2.75) is 19.9 Å². The Labute approximate surface area is 174 Å². The molecule has 0 saturated carbocycles. The fourth-order valence-corrected chi connectivity index (χ4v) is 3.62. The third-order valence-corrected chi connectivity index (χ3v) is 5.40. The number of Topliss-reactive ketones (excluding diaryl/α,β-unsaturated/α-hetero) is 1. The van der Waals surface area contributed by atoms with E-state index in [4.69, 9.17) is 9.15 Å². The van der Waals surface area contributed by atoms with E-state index in [-0.39, 0.29) is 11.3 Å². The molecule has 30 heavy (non-hydrogen) atoms. The molecule has 1 atom stereocenters. The lowest BCUT2D eigenvalue weighted by atomic mass is 9.94. The van der Waals surface area contributed by atoms with Gasteiger partial charge < -0.3 is 14.3 Å². The third kappa shape index (κ3) is 3.16. The molecule has 1 unspecified atom stereocenters. The summed E-state index contributed by atoms with van der Waals surface area (Å²) in [6, 6.07) is 14.9. The first-order chi connectivity index (χ1) is 14.4. The molecule has 2 heterocycles. The highest BCUT2D eigenvalue weighted by Gasteiger charge is 2.45. The van der Waals surface area contributed by atoms with Gasteiger partial charge in [0.2, 0.25) is 5.78 Å². The summed E-state index contributed by atoms with van der Waals surface area (Å²) in [6.45, 7) is 3.93. The highest BCUT2D eigenvalue weighted by atomic mass is 16.5. The number of methoxy groups -OCH3 is 1. The van der Waals surface area contributed by atoms with Gasteiger partial charge in [0.25, 0.3) is 5.91 Å². The molecule has 1 aliphatic heterocycles. The fourth-order valence-electron chi connectivity index (χ4n) is 3.62. The summed E-state index contributed by atoms with van der Waals surface area (Å²) in [6.07, 6.45) is 1.38. The maximum Gasteiger partial charge on any atom is 0.294 e. The molecule has 0 aliphatic carbocycles. The number of furan rings is 1. The summed E-state index contributed by atoms with van der Waals surface area (Å²) in [5, 5.41) is 10.7. The van der Waals surface area contributed by atoms with Gasteiger partial charge in [-0.2, -0.15) is 0 Å². The van der Waals surface area contributed by atoms with Crippen LogP contribution in [0.5, 0.6) is 5.75 Å². The highest BCUT2D eigenvalue weighted by Crippen LogP contribution is 2.42. The first-order valence-corrected chi connectivity index (χ1v) is 9.48. The Morgan fingerprint density at radius 2 is 1.80 bits per heavy atom. The van der Waals surface area contributed by atoms with E-state index in [1.807, 2.05) is 32.0 Å². The van der Waals surface area contributed by atoms with Crippen LogP contribution in [0.4, 0.5) is 5.69 Å². The van der Waals surface area contributed by atoms with Crippen molar-refractivity contribution in [3.8, 4) is 5.75 Å². The second-order valence-electron chi connectivity index (χ2n) is 7.19. The second kappa shape index (κ2) is 7.55. The van der Waals surface area contributed by atoms with Gasteiger partial charge in [-0.1, -0.05) is 18.2 Å². The predicted octanol–water partition coefficient (Wildman–Crippen LogP) is 4.69. The topological polar surface area (TPSA) is 80.0 Å². The van der Waals surface area contributed by atoms with Gasteiger partial charge in [-0.3, -0.25) is 14.5 Å². The molecule has 0 spiro atoms. The van der Waals surface area contributed by atoms with Gasteiger partial charge in [-0.25, -0.2) is 0 Å². The molecule has 0 saturated heterocycles.